The number of anilines is 1. The smallest absolute Gasteiger partial charge is 0.321 e. The molecule has 0 bridgehead atoms. The van der Waals surface area contributed by atoms with Crippen molar-refractivity contribution in [3.05, 3.63) is 29.8 Å². The first-order valence-corrected chi connectivity index (χ1v) is 7.05. The number of rotatable bonds is 1. The molecule has 4 nitrogen and oxygen atoms in total. The van der Waals surface area contributed by atoms with E-state index in [0.717, 1.165) is 31.9 Å². The highest BCUT2D eigenvalue weighted by molar-refractivity contribution is 5.89. The van der Waals surface area contributed by atoms with Gasteiger partial charge in [-0.05, 0) is 50.4 Å². The lowest BCUT2D eigenvalue weighted by Crippen LogP contribution is -2.35. The molecule has 19 heavy (non-hydrogen) atoms. The summed E-state index contributed by atoms with van der Waals surface area (Å²) >= 11 is 0. The highest BCUT2D eigenvalue weighted by Crippen LogP contribution is 2.28. The molecule has 1 aromatic rings. The fraction of sp³-hybridized carbons (Fsp3) is 0.533. The van der Waals surface area contributed by atoms with Crippen LogP contribution in [0.1, 0.15) is 12.0 Å². The zero-order valence-electron chi connectivity index (χ0n) is 11.4. The molecular weight excluding hydrogens is 238 g/mol. The van der Waals surface area contributed by atoms with Gasteiger partial charge in [-0.2, -0.15) is 0 Å². The van der Waals surface area contributed by atoms with E-state index < -0.39 is 0 Å². The number of urea groups is 1. The second-order valence-corrected chi connectivity index (χ2v) is 5.71. The molecule has 2 atom stereocenters. The van der Waals surface area contributed by atoms with Crippen molar-refractivity contribution in [2.24, 2.45) is 11.8 Å². The van der Waals surface area contributed by atoms with Gasteiger partial charge in [0.2, 0.25) is 0 Å². The van der Waals surface area contributed by atoms with Gasteiger partial charge < -0.3 is 15.5 Å². The number of carbonyl (C=O) groups excluding carboxylic acids is 1. The fourth-order valence-corrected chi connectivity index (χ4v) is 3.08. The van der Waals surface area contributed by atoms with E-state index in [0.29, 0.717) is 11.8 Å². The monoisotopic (exact) mass is 259 g/mol. The summed E-state index contributed by atoms with van der Waals surface area (Å²) in [5.41, 5.74) is 2.08. The Morgan fingerprint density at radius 1 is 1.26 bits per heavy atom. The largest absolute Gasteiger partial charge is 0.324 e. The average molecular weight is 259 g/mol. The van der Waals surface area contributed by atoms with Gasteiger partial charge in [0, 0.05) is 18.8 Å². The molecule has 2 aliphatic heterocycles. The van der Waals surface area contributed by atoms with E-state index in [4.69, 9.17) is 0 Å². The maximum atomic E-state index is 12.2. The molecule has 1 aromatic carbocycles. The van der Waals surface area contributed by atoms with Crippen molar-refractivity contribution in [1.29, 1.82) is 0 Å². The number of piperidine rings is 1. The van der Waals surface area contributed by atoms with Crippen molar-refractivity contribution in [1.82, 2.24) is 10.2 Å². The lowest BCUT2D eigenvalue weighted by molar-refractivity contribution is 0.220. The Morgan fingerprint density at radius 3 is 2.74 bits per heavy atom. The average Bonchev–Trinajstić information content (AvgIpc) is 2.85. The molecular formula is C15H21N3O. The second-order valence-electron chi connectivity index (χ2n) is 5.71. The van der Waals surface area contributed by atoms with Crippen LogP contribution in [0.25, 0.3) is 0 Å². The van der Waals surface area contributed by atoms with E-state index in [-0.39, 0.29) is 6.03 Å². The number of nitrogens with one attached hydrogen (secondary N) is 2. The summed E-state index contributed by atoms with van der Waals surface area (Å²) in [4.78, 5) is 14.2. The third kappa shape index (κ3) is 2.73. The lowest BCUT2D eigenvalue weighted by Gasteiger charge is -2.23. The molecule has 2 heterocycles. The topological polar surface area (TPSA) is 44.4 Å². The van der Waals surface area contributed by atoms with Gasteiger partial charge in [0.05, 0.1) is 0 Å². The van der Waals surface area contributed by atoms with Gasteiger partial charge in [0.1, 0.15) is 0 Å². The SMILES string of the molecule is Cc1ccc(NC(=O)N2CC3CCNCC3C2)cc1. The van der Waals surface area contributed by atoms with Crippen molar-refractivity contribution < 1.29 is 4.79 Å². The maximum absolute atomic E-state index is 12.2. The van der Waals surface area contributed by atoms with Gasteiger partial charge in [0.25, 0.3) is 0 Å². The molecule has 102 valence electrons. The number of carbonyl (C=O) groups is 1. The van der Waals surface area contributed by atoms with E-state index in [1.165, 1.54) is 12.0 Å². The van der Waals surface area contributed by atoms with Crippen LogP contribution in [0.5, 0.6) is 0 Å². The summed E-state index contributed by atoms with van der Waals surface area (Å²) in [6, 6.07) is 7.99. The Balaban J connectivity index is 1.60. The summed E-state index contributed by atoms with van der Waals surface area (Å²) in [6.45, 7) is 5.98. The van der Waals surface area contributed by atoms with Crippen LogP contribution in [-0.4, -0.2) is 37.1 Å². The minimum atomic E-state index is 0.0400. The van der Waals surface area contributed by atoms with Crippen LogP contribution in [0, 0.1) is 18.8 Å². The Kier molecular flexibility index (Phi) is 3.42. The van der Waals surface area contributed by atoms with E-state index in [9.17, 15) is 4.79 Å². The first-order chi connectivity index (χ1) is 9.22. The third-order valence-electron chi connectivity index (χ3n) is 4.26. The second kappa shape index (κ2) is 5.21. The molecule has 4 heteroatoms. The van der Waals surface area contributed by atoms with Crippen LogP contribution in [-0.2, 0) is 0 Å². The lowest BCUT2D eigenvalue weighted by atomic mass is 9.90. The van der Waals surface area contributed by atoms with Crippen LogP contribution >= 0.6 is 0 Å². The number of fused-ring (bicyclic) bond motifs is 1. The number of hydrogen-bond acceptors (Lipinski definition) is 2. The highest BCUT2D eigenvalue weighted by Gasteiger charge is 2.36. The Morgan fingerprint density at radius 2 is 2.00 bits per heavy atom. The summed E-state index contributed by atoms with van der Waals surface area (Å²) in [5, 5.41) is 6.40. The van der Waals surface area contributed by atoms with Gasteiger partial charge in [-0.1, -0.05) is 17.7 Å². The molecule has 0 saturated carbocycles. The molecule has 3 rings (SSSR count). The van der Waals surface area contributed by atoms with Gasteiger partial charge >= 0.3 is 6.03 Å². The van der Waals surface area contributed by atoms with Gasteiger partial charge in [-0.3, -0.25) is 0 Å². The summed E-state index contributed by atoms with van der Waals surface area (Å²) < 4.78 is 0. The number of nitrogens with zero attached hydrogens (tertiary/aromatic N) is 1. The predicted molar refractivity (Wildman–Crippen MR) is 76.2 cm³/mol. The molecule has 2 unspecified atom stereocenters. The van der Waals surface area contributed by atoms with Crippen LogP contribution < -0.4 is 10.6 Å². The Labute approximate surface area is 114 Å². The van der Waals surface area contributed by atoms with Crippen molar-refractivity contribution in [3.63, 3.8) is 0 Å². The van der Waals surface area contributed by atoms with E-state index in [1.54, 1.807) is 0 Å². The van der Waals surface area contributed by atoms with Crippen molar-refractivity contribution in [2.45, 2.75) is 13.3 Å². The van der Waals surface area contributed by atoms with Crippen LogP contribution in [0.4, 0.5) is 10.5 Å². The molecule has 2 saturated heterocycles. The van der Waals surface area contributed by atoms with Crippen molar-refractivity contribution in [3.8, 4) is 0 Å². The van der Waals surface area contributed by atoms with E-state index in [1.807, 2.05) is 36.1 Å². The normalized spacial score (nSPS) is 26.1. The molecule has 0 radical (unpaired) electrons. The standard InChI is InChI=1S/C15H21N3O/c1-11-2-4-14(5-3-11)17-15(19)18-9-12-6-7-16-8-13(12)10-18/h2-5,12-13,16H,6-10H2,1H3,(H,17,19). The first kappa shape index (κ1) is 12.5. The Hall–Kier alpha value is -1.55. The Bertz CT molecular complexity index is 443. The number of aryl methyl sites for hydroxylation is 1. The molecule has 2 aliphatic rings. The third-order valence-corrected chi connectivity index (χ3v) is 4.26. The van der Waals surface area contributed by atoms with Crippen LogP contribution in [0.2, 0.25) is 0 Å². The predicted octanol–water partition coefficient (Wildman–Crippen LogP) is 2.07. The zero-order valence-corrected chi connectivity index (χ0v) is 11.4. The molecule has 0 aromatic heterocycles. The quantitative estimate of drug-likeness (QED) is 0.811. The zero-order chi connectivity index (χ0) is 13.2. The molecule has 2 N–H and O–H groups in total. The number of likely N-dealkylation sites (tertiary alicyclic amines) is 1. The number of amides is 2. The van der Waals surface area contributed by atoms with Gasteiger partial charge in [0.15, 0.2) is 0 Å². The maximum Gasteiger partial charge on any atom is 0.321 e. The van der Waals surface area contributed by atoms with Gasteiger partial charge in [-0.15, -0.1) is 0 Å². The highest BCUT2D eigenvalue weighted by atomic mass is 16.2. The molecule has 0 spiro atoms. The summed E-state index contributed by atoms with van der Waals surface area (Å²) in [7, 11) is 0. The van der Waals surface area contributed by atoms with E-state index in [2.05, 4.69) is 10.6 Å². The van der Waals surface area contributed by atoms with E-state index >= 15 is 0 Å². The molecule has 2 fully saturated rings. The summed E-state index contributed by atoms with van der Waals surface area (Å²) in [6.07, 6.45) is 1.19. The van der Waals surface area contributed by atoms with Gasteiger partial charge in [-0.25, -0.2) is 4.79 Å². The summed E-state index contributed by atoms with van der Waals surface area (Å²) in [5.74, 6) is 1.32. The molecule has 0 aliphatic carbocycles. The van der Waals surface area contributed by atoms with Crippen molar-refractivity contribution >= 4 is 11.7 Å². The van der Waals surface area contributed by atoms with Crippen LogP contribution in [0.15, 0.2) is 24.3 Å². The van der Waals surface area contributed by atoms with Crippen LogP contribution in [0.3, 0.4) is 0 Å². The minimum Gasteiger partial charge on any atom is -0.324 e. The number of hydrogen-bond donors (Lipinski definition) is 2. The van der Waals surface area contributed by atoms with Crippen molar-refractivity contribution in [2.75, 3.05) is 31.5 Å². The number of benzene rings is 1. The fourth-order valence-electron chi connectivity index (χ4n) is 3.08. The molecule has 2 amide bonds. The minimum absolute atomic E-state index is 0.0400. The first-order valence-electron chi connectivity index (χ1n) is 7.05.